The summed E-state index contributed by atoms with van der Waals surface area (Å²) >= 11 is 0. The molecule has 0 saturated heterocycles. The van der Waals surface area contributed by atoms with Crippen molar-refractivity contribution in [2.45, 2.75) is 47.0 Å². The van der Waals surface area contributed by atoms with Crippen LogP contribution in [0.3, 0.4) is 0 Å². The maximum Gasteiger partial charge on any atom is 0.133 e. The topological polar surface area (TPSA) is 70.5 Å². The number of nitrogen functional groups attached to an aromatic ring is 2. The van der Waals surface area contributed by atoms with Crippen LogP contribution in [0.15, 0.2) is 72.8 Å². The molecule has 0 aromatic heterocycles. The van der Waals surface area contributed by atoms with Gasteiger partial charge in [0.25, 0.3) is 0 Å². The average Bonchev–Trinajstić information content (AvgIpc) is 2.81. The summed E-state index contributed by atoms with van der Waals surface area (Å²) in [6.45, 7) is 10.3. The van der Waals surface area contributed by atoms with E-state index in [4.69, 9.17) is 20.9 Å². The molecule has 4 heteroatoms. The van der Waals surface area contributed by atoms with Gasteiger partial charge >= 0.3 is 0 Å². The molecule has 4 N–H and O–H groups in total. The van der Waals surface area contributed by atoms with Crippen LogP contribution in [0.2, 0.25) is 0 Å². The molecule has 4 rings (SSSR count). The molecular weight excluding hydrogens is 432 g/mol. The smallest absolute Gasteiger partial charge is 0.133 e. The molecule has 0 atom stereocenters. The molecule has 0 fully saturated rings. The van der Waals surface area contributed by atoms with E-state index in [1.54, 1.807) is 0 Å². The van der Waals surface area contributed by atoms with Crippen LogP contribution >= 0.6 is 0 Å². The highest BCUT2D eigenvalue weighted by Gasteiger charge is 2.14. The minimum Gasteiger partial charge on any atom is -0.457 e. The van der Waals surface area contributed by atoms with E-state index in [0.29, 0.717) is 0 Å². The summed E-state index contributed by atoms with van der Waals surface area (Å²) in [5, 5.41) is 0. The van der Waals surface area contributed by atoms with E-state index in [2.05, 4.69) is 31.2 Å². The van der Waals surface area contributed by atoms with Gasteiger partial charge in [0.05, 0.1) is 0 Å². The van der Waals surface area contributed by atoms with Crippen molar-refractivity contribution < 1.29 is 9.47 Å². The third-order valence-corrected chi connectivity index (χ3v) is 6.38. The maximum atomic E-state index is 6.19. The molecule has 0 heterocycles. The summed E-state index contributed by atoms with van der Waals surface area (Å²) < 4.78 is 12.4. The summed E-state index contributed by atoms with van der Waals surface area (Å²) in [5.41, 5.74) is 20.0. The number of rotatable bonds is 7. The van der Waals surface area contributed by atoms with Gasteiger partial charge in [-0.05, 0) is 116 Å². The van der Waals surface area contributed by atoms with Gasteiger partial charge in [-0.25, -0.2) is 0 Å². The van der Waals surface area contributed by atoms with Crippen LogP contribution in [0, 0.1) is 27.7 Å². The average molecular weight is 467 g/mol. The van der Waals surface area contributed by atoms with Crippen LogP contribution in [0.5, 0.6) is 23.0 Å². The summed E-state index contributed by atoms with van der Waals surface area (Å²) in [6, 6.07) is 24.5. The van der Waals surface area contributed by atoms with Crippen molar-refractivity contribution in [3.8, 4) is 23.0 Å². The molecule has 180 valence electrons. The van der Waals surface area contributed by atoms with Crippen molar-refractivity contribution in [2.75, 3.05) is 11.5 Å². The van der Waals surface area contributed by atoms with Gasteiger partial charge in [-0.2, -0.15) is 0 Å². The van der Waals surface area contributed by atoms with Crippen molar-refractivity contribution in [3.05, 3.63) is 106 Å². The Labute approximate surface area is 208 Å². The zero-order chi connectivity index (χ0) is 25.1. The van der Waals surface area contributed by atoms with Gasteiger partial charge in [-0.1, -0.05) is 31.2 Å². The van der Waals surface area contributed by atoms with Gasteiger partial charge in [0, 0.05) is 17.3 Å². The standard InChI is InChI=1S/C31H34N2O2/c1-6-29(23-7-11-27(12-8-23)34-30-19(2)15-25(32)16-20(30)3)24-9-13-28(14-10-24)35-31-21(4)17-26(33)18-22(31)5/h7-18,29H,6,32-33H2,1-5H3. The molecule has 35 heavy (non-hydrogen) atoms. The number of anilines is 2. The SMILES string of the molecule is CCC(c1ccc(Oc2c(C)cc(N)cc2C)cc1)c1ccc(Oc2c(C)cc(N)cc2C)cc1. The fraction of sp³-hybridized carbons (Fsp3) is 0.226. The lowest BCUT2D eigenvalue weighted by Crippen LogP contribution is -2.00. The van der Waals surface area contributed by atoms with Gasteiger partial charge in [0.15, 0.2) is 0 Å². The Kier molecular flexibility index (Phi) is 7.02. The zero-order valence-electron chi connectivity index (χ0n) is 21.2. The Bertz CT molecular complexity index is 1180. The highest BCUT2D eigenvalue weighted by atomic mass is 16.5. The van der Waals surface area contributed by atoms with E-state index in [1.807, 2.05) is 76.2 Å². The molecule has 4 aromatic rings. The highest BCUT2D eigenvalue weighted by molar-refractivity contribution is 5.55. The van der Waals surface area contributed by atoms with Crippen LogP contribution in [-0.2, 0) is 0 Å². The Hall–Kier alpha value is -3.92. The molecule has 0 spiro atoms. The van der Waals surface area contributed by atoms with Crippen molar-refractivity contribution in [3.63, 3.8) is 0 Å². The van der Waals surface area contributed by atoms with Crippen molar-refractivity contribution in [1.82, 2.24) is 0 Å². The van der Waals surface area contributed by atoms with E-state index in [0.717, 1.165) is 63.0 Å². The maximum absolute atomic E-state index is 6.19. The van der Waals surface area contributed by atoms with E-state index in [1.165, 1.54) is 11.1 Å². The van der Waals surface area contributed by atoms with Gasteiger partial charge in [0.1, 0.15) is 23.0 Å². The monoisotopic (exact) mass is 466 g/mol. The van der Waals surface area contributed by atoms with E-state index in [9.17, 15) is 0 Å². The predicted octanol–water partition coefficient (Wildman–Crippen LogP) is 8.21. The van der Waals surface area contributed by atoms with Gasteiger partial charge in [-0.15, -0.1) is 0 Å². The van der Waals surface area contributed by atoms with Crippen molar-refractivity contribution in [2.24, 2.45) is 0 Å². The van der Waals surface area contributed by atoms with Crippen molar-refractivity contribution in [1.29, 1.82) is 0 Å². The first-order valence-corrected chi connectivity index (χ1v) is 12.0. The minimum absolute atomic E-state index is 0.290. The number of ether oxygens (including phenoxy) is 2. The normalized spacial score (nSPS) is 11.0. The minimum atomic E-state index is 0.290. The highest BCUT2D eigenvalue weighted by Crippen LogP contribution is 2.35. The summed E-state index contributed by atoms with van der Waals surface area (Å²) in [5.74, 6) is 3.65. The lowest BCUT2D eigenvalue weighted by atomic mass is 9.89. The summed E-state index contributed by atoms with van der Waals surface area (Å²) in [6.07, 6.45) is 0.993. The Morgan fingerprint density at radius 1 is 0.571 bits per heavy atom. The fourth-order valence-corrected chi connectivity index (χ4v) is 4.73. The molecular formula is C31H34N2O2. The van der Waals surface area contributed by atoms with E-state index >= 15 is 0 Å². The molecule has 0 aliphatic carbocycles. The lowest BCUT2D eigenvalue weighted by Gasteiger charge is -2.18. The summed E-state index contributed by atoms with van der Waals surface area (Å²) in [7, 11) is 0. The van der Waals surface area contributed by atoms with Crippen LogP contribution < -0.4 is 20.9 Å². The van der Waals surface area contributed by atoms with E-state index in [-0.39, 0.29) is 5.92 Å². The summed E-state index contributed by atoms with van der Waals surface area (Å²) in [4.78, 5) is 0. The Morgan fingerprint density at radius 2 is 0.886 bits per heavy atom. The number of nitrogens with two attached hydrogens (primary N) is 2. The van der Waals surface area contributed by atoms with Gasteiger partial charge < -0.3 is 20.9 Å². The second kappa shape index (κ2) is 10.1. The van der Waals surface area contributed by atoms with Crippen LogP contribution in [0.4, 0.5) is 11.4 Å². The third-order valence-electron chi connectivity index (χ3n) is 6.38. The van der Waals surface area contributed by atoms with Crippen molar-refractivity contribution >= 4 is 11.4 Å². The van der Waals surface area contributed by atoms with Gasteiger partial charge in [0.2, 0.25) is 0 Å². The second-order valence-corrected chi connectivity index (χ2v) is 9.27. The number of benzene rings is 4. The first-order chi connectivity index (χ1) is 16.7. The largest absolute Gasteiger partial charge is 0.457 e. The van der Waals surface area contributed by atoms with Crippen LogP contribution in [-0.4, -0.2) is 0 Å². The van der Waals surface area contributed by atoms with Gasteiger partial charge in [-0.3, -0.25) is 0 Å². The molecule has 0 aliphatic rings. The molecule has 0 amide bonds. The quantitative estimate of drug-likeness (QED) is 0.269. The third kappa shape index (κ3) is 5.43. The molecule has 0 bridgehead atoms. The fourth-order valence-electron chi connectivity index (χ4n) is 4.73. The van der Waals surface area contributed by atoms with E-state index < -0.39 is 0 Å². The predicted molar refractivity (Wildman–Crippen MR) is 146 cm³/mol. The molecule has 0 saturated carbocycles. The Morgan fingerprint density at radius 3 is 1.17 bits per heavy atom. The Balaban J connectivity index is 1.50. The number of aryl methyl sites for hydroxylation is 4. The van der Waals surface area contributed by atoms with Crippen LogP contribution in [0.25, 0.3) is 0 Å². The first-order valence-electron chi connectivity index (χ1n) is 12.0. The number of hydrogen-bond donors (Lipinski definition) is 2. The van der Waals surface area contributed by atoms with Crippen LogP contribution in [0.1, 0.15) is 52.6 Å². The first kappa shape index (κ1) is 24.2. The molecule has 0 radical (unpaired) electrons. The zero-order valence-corrected chi connectivity index (χ0v) is 21.2. The molecule has 4 nitrogen and oxygen atoms in total. The molecule has 0 aliphatic heterocycles. The molecule has 4 aromatic carbocycles. The lowest BCUT2D eigenvalue weighted by molar-refractivity contribution is 0.474. The second-order valence-electron chi connectivity index (χ2n) is 9.27. The number of hydrogen-bond acceptors (Lipinski definition) is 4. The molecule has 0 unspecified atom stereocenters.